The van der Waals surface area contributed by atoms with E-state index in [0.717, 1.165) is 4.90 Å². The highest BCUT2D eigenvalue weighted by atomic mass is 19.4. The largest absolute Gasteiger partial charge is 0.416 e. The number of amides is 2. The maximum absolute atomic E-state index is 13.6. The monoisotopic (exact) mass is 547 g/mol. The third-order valence-electron chi connectivity index (χ3n) is 5.99. The van der Waals surface area contributed by atoms with Crippen molar-refractivity contribution in [3.8, 4) is 0 Å². The van der Waals surface area contributed by atoms with Crippen molar-refractivity contribution >= 4 is 11.8 Å². The molecule has 38 heavy (non-hydrogen) atoms. The zero-order valence-electron chi connectivity index (χ0n) is 20.4. The first-order valence-electron chi connectivity index (χ1n) is 11.6. The van der Waals surface area contributed by atoms with Crippen LogP contribution in [0, 0.1) is 0 Å². The first kappa shape index (κ1) is 29.4. The number of rotatable bonds is 10. The predicted octanol–water partition coefficient (Wildman–Crippen LogP) is 3.74. The minimum Gasteiger partial charge on any atom is -0.378 e. The summed E-state index contributed by atoms with van der Waals surface area (Å²) in [6.45, 7) is 1.32. The molecule has 0 aromatic heterocycles. The zero-order valence-corrected chi connectivity index (χ0v) is 20.4. The molecule has 1 heterocycles. The highest BCUT2D eigenvalue weighted by molar-refractivity contribution is 6.01. The van der Waals surface area contributed by atoms with Crippen LogP contribution in [0.1, 0.15) is 44.6 Å². The molecule has 7 nitrogen and oxygen atoms in total. The van der Waals surface area contributed by atoms with Crippen LogP contribution in [0.25, 0.3) is 0 Å². The lowest BCUT2D eigenvalue weighted by molar-refractivity contribution is -0.143. The lowest BCUT2D eigenvalue weighted by Crippen LogP contribution is -2.46. The van der Waals surface area contributed by atoms with Crippen molar-refractivity contribution in [1.82, 2.24) is 10.2 Å². The van der Waals surface area contributed by atoms with Crippen LogP contribution in [0.5, 0.6) is 0 Å². The number of nitrogens with zero attached hydrogens (tertiary/aromatic N) is 1. The molecule has 2 aromatic carbocycles. The van der Waals surface area contributed by atoms with E-state index in [1.54, 1.807) is 6.07 Å². The molecule has 0 aliphatic carbocycles. The molecule has 1 aliphatic heterocycles. The Labute approximate surface area is 214 Å². The minimum absolute atomic E-state index is 0.00571. The molecule has 2 atom stereocenters. The van der Waals surface area contributed by atoms with Crippen LogP contribution in [0.15, 0.2) is 42.5 Å². The minimum atomic E-state index is -5.09. The van der Waals surface area contributed by atoms with Crippen molar-refractivity contribution in [1.29, 1.82) is 0 Å². The van der Waals surface area contributed by atoms with E-state index in [-0.39, 0.29) is 43.6 Å². The van der Waals surface area contributed by atoms with E-state index < -0.39 is 52.8 Å². The summed E-state index contributed by atoms with van der Waals surface area (Å²) in [7, 11) is 1.24. The molecule has 0 radical (unpaired) electrons. The maximum Gasteiger partial charge on any atom is 0.416 e. The van der Waals surface area contributed by atoms with Gasteiger partial charge in [0.05, 0.1) is 49.5 Å². The Kier molecular flexibility index (Phi) is 9.39. The average molecular weight is 547 g/mol. The molecule has 3 rings (SSSR count). The molecule has 0 saturated heterocycles. The quantitative estimate of drug-likeness (QED) is 0.349. The van der Waals surface area contributed by atoms with Crippen LogP contribution in [0.2, 0.25) is 0 Å². The second-order valence-electron chi connectivity index (χ2n) is 8.57. The number of nitrogens with two attached hydrogens (primary N) is 1. The van der Waals surface area contributed by atoms with Gasteiger partial charge < -0.3 is 25.4 Å². The third kappa shape index (κ3) is 6.83. The Balaban J connectivity index is 1.96. The van der Waals surface area contributed by atoms with Gasteiger partial charge in [0.1, 0.15) is 0 Å². The van der Waals surface area contributed by atoms with Crippen LogP contribution >= 0.6 is 0 Å². The number of carbonyl (C=O) groups excluding carboxylic acids is 2. The maximum atomic E-state index is 13.6. The molecule has 0 bridgehead atoms. The fraction of sp³-hybridized carbons (Fsp3) is 0.440. The first-order valence-corrected chi connectivity index (χ1v) is 11.6. The molecule has 0 fully saturated rings. The van der Waals surface area contributed by atoms with E-state index in [4.69, 9.17) is 15.2 Å². The van der Waals surface area contributed by atoms with Crippen LogP contribution in [0.3, 0.4) is 0 Å². The fourth-order valence-electron chi connectivity index (χ4n) is 4.29. The molecule has 2 unspecified atom stereocenters. The Morgan fingerprint density at radius 1 is 0.947 bits per heavy atom. The molecule has 2 aromatic rings. The van der Waals surface area contributed by atoms with Gasteiger partial charge in [0.25, 0.3) is 5.91 Å². The lowest BCUT2D eigenvalue weighted by Gasteiger charge is -2.40. The molecule has 13 heteroatoms. The summed E-state index contributed by atoms with van der Waals surface area (Å²) in [6, 6.07) is 5.64. The normalized spacial score (nSPS) is 17.9. The van der Waals surface area contributed by atoms with Gasteiger partial charge in [0.15, 0.2) is 0 Å². The Bertz CT molecular complexity index is 1110. The second kappa shape index (κ2) is 12.1. The summed E-state index contributed by atoms with van der Waals surface area (Å²) < 4.78 is 91.8. The van der Waals surface area contributed by atoms with Crippen molar-refractivity contribution in [3.63, 3.8) is 0 Å². The van der Waals surface area contributed by atoms with Gasteiger partial charge in [-0.15, -0.1) is 0 Å². The first-order chi connectivity index (χ1) is 17.9. The third-order valence-corrected chi connectivity index (χ3v) is 5.99. The molecule has 0 spiro atoms. The summed E-state index contributed by atoms with van der Waals surface area (Å²) in [5, 5.41) is 2.61. The Morgan fingerprint density at radius 3 is 2.11 bits per heavy atom. The number of benzene rings is 2. The topological polar surface area (TPSA) is 93.9 Å². The number of carbonyl (C=O) groups is 2. The van der Waals surface area contributed by atoms with E-state index in [1.807, 2.05) is 0 Å². The van der Waals surface area contributed by atoms with E-state index in [0.29, 0.717) is 25.3 Å². The van der Waals surface area contributed by atoms with Crippen molar-refractivity contribution in [2.24, 2.45) is 5.73 Å². The molecule has 1 aliphatic rings. The van der Waals surface area contributed by atoms with Crippen molar-refractivity contribution in [2.75, 3.05) is 46.6 Å². The van der Waals surface area contributed by atoms with Gasteiger partial charge in [-0.1, -0.05) is 18.2 Å². The molecular formula is C25H27F6N3O4. The molecule has 2 amide bonds. The molecule has 208 valence electrons. The Morgan fingerprint density at radius 2 is 1.53 bits per heavy atom. The van der Waals surface area contributed by atoms with Crippen LogP contribution < -0.4 is 11.1 Å². The number of halogens is 6. The van der Waals surface area contributed by atoms with Gasteiger partial charge in [-0.3, -0.25) is 9.59 Å². The molecular weight excluding hydrogens is 520 g/mol. The van der Waals surface area contributed by atoms with Gasteiger partial charge in [0, 0.05) is 25.7 Å². The fourth-order valence-corrected chi connectivity index (χ4v) is 4.29. The van der Waals surface area contributed by atoms with Gasteiger partial charge in [0.2, 0.25) is 5.91 Å². The summed E-state index contributed by atoms with van der Waals surface area (Å²) in [4.78, 5) is 27.4. The van der Waals surface area contributed by atoms with Gasteiger partial charge in [-0.2, -0.15) is 26.3 Å². The molecule has 0 saturated carbocycles. The van der Waals surface area contributed by atoms with E-state index in [9.17, 15) is 35.9 Å². The number of hydrogen-bond donors (Lipinski definition) is 2. The number of ether oxygens (including phenoxy) is 2. The van der Waals surface area contributed by atoms with Gasteiger partial charge in [-0.25, -0.2) is 0 Å². The standard InChI is InChI=1S/C25H27F6N3O4/c1-34-21(15-12-16(24(26,27)28)14-17(13-15)25(29,30)31)20(18-4-2-3-5-19(18)23(34)36)22(35)33-7-9-38-11-10-37-8-6-32/h2-5,12-14,20-21H,6-11,32H2,1H3,(H,33,35). The summed E-state index contributed by atoms with van der Waals surface area (Å²) >= 11 is 0. The van der Waals surface area contributed by atoms with Crippen LogP contribution in [-0.2, 0) is 26.6 Å². The average Bonchev–Trinajstić information content (AvgIpc) is 2.86. The van der Waals surface area contributed by atoms with Crippen LogP contribution in [-0.4, -0.2) is 63.3 Å². The number of hydrogen-bond acceptors (Lipinski definition) is 5. The Hall–Kier alpha value is -3.16. The van der Waals surface area contributed by atoms with E-state index >= 15 is 0 Å². The van der Waals surface area contributed by atoms with Gasteiger partial charge in [-0.05, 0) is 35.4 Å². The van der Waals surface area contributed by atoms with Crippen LogP contribution in [0.4, 0.5) is 26.3 Å². The number of likely N-dealkylation sites (N-methyl/N-ethyl adjacent to an activating group) is 1. The summed E-state index contributed by atoms with van der Waals surface area (Å²) in [5.41, 5.74) is 2.09. The predicted molar refractivity (Wildman–Crippen MR) is 124 cm³/mol. The van der Waals surface area contributed by atoms with E-state index in [2.05, 4.69) is 5.32 Å². The smallest absolute Gasteiger partial charge is 0.378 e. The summed E-state index contributed by atoms with van der Waals surface area (Å²) in [5.74, 6) is -2.61. The number of fused-ring (bicyclic) bond motifs is 1. The van der Waals surface area contributed by atoms with Gasteiger partial charge >= 0.3 is 12.4 Å². The highest BCUT2D eigenvalue weighted by Gasteiger charge is 2.45. The molecule has 3 N–H and O–H groups in total. The van der Waals surface area contributed by atoms with Crippen molar-refractivity contribution < 1.29 is 45.4 Å². The second-order valence-corrected chi connectivity index (χ2v) is 8.57. The lowest BCUT2D eigenvalue weighted by atomic mass is 9.78. The summed E-state index contributed by atoms with van der Waals surface area (Å²) in [6.07, 6.45) is -10.2. The SMILES string of the molecule is CN1C(=O)c2ccccc2C(C(=O)NCCOCCOCCN)C1c1cc(C(F)(F)F)cc(C(F)(F)F)c1. The number of alkyl halides is 6. The number of nitrogens with one attached hydrogen (secondary N) is 1. The highest BCUT2D eigenvalue weighted by Crippen LogP contribution is 2.45. The van der Waals surface area contributed by atoms with Crippen molar-refractivity contribution in [2.45, 2.75) is 24.3 Å². The zero-order chi connectivity index (χ0) is 28.1. The van der Waals surface area contributed by atoms with Crippen molar-refractivity contribution in [3.05, 3.63) is 70.3 Å². The van der Waals surface area contributed by atoms with E-state index in [1.165, 1.54) is 25.2 Å².